The van der Waals surface area contributed by atoms with Crippen LogP contribution >= 0.6 is 0 Å². The second-order valence-corrected chi connectivity index (χ2v) is 4.95. The Morgan fingerprint density at radius 2 is 2.00 bits per heavy atom. The minimum absolute atomic E-state index is 0.431. The molecule has 1 rings (SSSR count). The third-order valence-corrected chi connectivity index (χ3v) is 3.65. The number of hydrogen-bond donors (Lipinski definition) is 1. The Balaban J connectivity index is 2.60. The van der Waals surface area contributed by atoms with E-state index in [1.54, 1.807) is 0 Å². The van der Waals surface area contributed by atoms with Crippen molar-refractivity contribution in [3.63, 3.8) is 0 Å². The molecule has 1 atom stereocenters. The van der Waals surface area contributed by atoms with Crippen LogP contribution in [0.15, 0.2) is 12.4 Å². The molecule has 0 aliphatic rings. The van der Waals surface area contributed by atoms with Crippen LogP contribution in [0.4, 0.5) is 0 Å². The van der Waals surface area contributed by atoms with Gasteiger partial charge in [0, 0.05) is 24.3 Å². The standard InChI is InChI=1S/C15H30N4/c1-5-10-16-15(9-11-18(6-2)7-3)14-12-17-19(8-4)13-14/h12-13,15-16H,5-11H2,1-4H3. The van der Waals surface area contributed by atoms with Gasteiger partial charge in [-0.15, -0.1) is 0 Å². The molecule has 1 aromatic rings. The van der Waals surface area contributed by atoms with Crippen molar-refractivity contribution in [1.29, 1.82) is 0 Å². The molecular formula is C15H30N4. The maximum absolute atomic E-state index is 4.39. The Morgan fingerprint density at radius 1 is 1.26 bits per heavy atom. The third-order valence-electron chi connectivity index (χ3n) is 3.65. The first-order valence-corrected chi connectivity index (χ1v) is 7.73. The first-order chi connectivity index (χ1) is 9.24. The predicted molar refractivity (Wildman–Crippen MR) is 81.3 cm³/mol. The Kier molecular flexibility index (Phi) is 7.75. The van der Waals surface area contributed by atoms with Gasteiger partial charge in [0.2, 0.25) is 0 Å². The van der Waals surface area contributed by atoms with Crippen molar-refractivity contribution < 1.29 is 0 Å². The van der Waals surface area contributed by atoms with Crippen LogP contribution < -0.4 is 5.32 Å². The van der Waals surface area contributed by atoms with E-state index in [1.807, 2.05) is 10.9 Å². The molecule has 1 aromatic heterocycles. The van der Waals surface area contributed by atoms with E-state index in [0.29, 0.717) is 6.04 Å². The molecular weight excluding hydrogens is 236 g/mol. The molecule has 0 radical (unpaired) electrons. The van der Waals surface area contributed by atoms with Crippen LogP contribution in [0.3, 0.4) is 0 Å². The molecule has 4 heteroatoms. The van der Waals surface area contributed by atoms with Crippen molar-refractivity contribution in [2.45, 2.75) is 53.1 Å². The number of aromatic nitrogens is 2. The summed E-state index contributed by atoms with van der Waals surface area (Å²) in [5.41, 5.74) is 1.32. The lowest BCUT2D eigenvalue weighted by molar-refractivity contribution is 0.281. The zero-order valence-electron chi connectivity index (χ0n) is 13.0. The predicted octanol–water partition coefficient (Wildman–Crippen LogP) is 2.68. The molecule has 0 amide bonds. The number of aryl methyl sites for hydroxylation is 1. The average molecular weight is 266 g/mol. The fraction of sp³-hybridized carbons (Fsp3) is 0.800. The minimum Gasteiger partial charge on any atom is -0.310 e. The molecule has 1 N–H and O–H groups in total. The average Bonchev–Trinajstić information content (AvgIpc) is 2.91. The number of rotatable bonds is 10. The van der Waals surface area contributed by atoms with Gasteiger partial charge >= 0.3 is 0 Å². The lowest BCUT2D eigenvalue weighted by atomic mass is 10.1. The van der Waals surface area contributed by atoms with Crippen LogP contribution in [0, 0.1) is 0 Å². The normalized spacial score (nSPS) is 13.1. The lowest BCUT2D eigenvalue weighted by Gasteiger charge is -2.23. The van der Waals surface area contributed by atoms with Crippen LogP contribution in [0.25, 0.3) is 0 Å². The molecule has 0 spiro atoms. The largest absolute Gasteiger partial charge is 0.310 e. The molecule has 1 heterocycles. The molecule has 0 fully saturated rings. The zero-order chi connectivity index (χ0) is 14.1. The summed E-state index contributed by atoms with van der Waals surface area (Å²) in [6, 6.07) is 0.431. The Bertz CT molecular complexity index is 331. The lowest BCUT2D eigenvalue weighted by Crippen LogP contribution is -2.29. The molecule has 0 saturated carbocycles. The molecule has 0 aromatic carbocycles. The van der Waals surface area contributed by atoms with E-state index >= 15 is 0 Å². The van der Waals surface area contributed by atoms with E-state index in [2.05, 4.69) is 49.2 Å². The Labute approximate surface area is 118 Å². The van der Waals surface area contributed by atoms with Gasteiger partial charge in [0.05, 0.1) is 6.20 Å². The van der Waals surface area contributed by atoms with Crippen molar-refractivity contribution >= 4 is 0 Å². The first-order valence-electron chi connectivity index (χ1n) is 7.73. The van der Waals surface area contributed by atoms with Gasteiger partial charge in [-0.3, -0.25) is 4.68 Å². The maximum atomic E-state index is 4.39. The molecule has 0 aliphatic carbocycles. The summed E-state index contributed by atoms with van der Waals surface area (Å²) in [7, 11) is 0. The third kappa shape index (κ3) is 5.33. The highest BCUT2D eigenvalue weighted by atomic mass is 15.3. The summed E-state index contributed by atoms with van der Waals surface area (Å²) in [6.45, 7) is 14.2. The van der Waals surface area contributed by atoms with Crippen LogP contribution in [-0.2, 0) is 6.54 Å². The van der Waals surface area contributed by atoms with Crippen molar-refractivity contribution in [1.82, 2.24) is 20.0 Å². The molecule has 19 heavy (non-hydrogen) atoms. The summed E-state index contributed by atoms with van der Waals surface area (Å²) < 4.78 is 2.01. The topological polar surface area (TPSA) is 33.1 Å². The fourth-order valence-corrected chi connectivity index (χ4v) is 2.29. The molecule has 0 bridgehead atoms. The van der Waals surface area contributed by atoms with Crippen molar-refractivity contribution in [3.8, 4) is 0 Å². The molecule has 4 nitrogen and oxygen atoms in total. The van der Waals surface area contributed by atoms with E-state index in [0.717, 1.165) is 39.1 Å². The fourth-order valence-electron chi connectivity index (χ4n) is 2.29. The van der Waals surface area contributed by atoms with Gasteiger partial charge in [0.25, 0.3) is 0 Å². The zero-order valence-corrected chi connectivity index (χ0v) is 13.0. The van der Waals surface area contributed by atoms with Crippen molar-refractivity contribution in [2.75, 3.05) is 26.2 Å². The number of nitrogens with zero attached hydrogens (tertiary/aromatic N) is 3. The minimum atomic E-state index is 0.431. The number of hydrogen-bond acceptors (Lipinski definition) is 3. The molecule has 110 valence electrons. The quantitative estimate of drug-likeness (QED) is 0.707. The highest BCUT2D eigenvalue weighted by molar-refractivity contribution is 5.10. The summed E-state index contributed by atoms with van der Waals surface area (Å²) in [4.78, 5) is 2.48. The van der Waals surface area contributed by atoms with E-state index in [1.165, 1.54) is 12.0 Å². The van der Waals surface area contributed by atoms with Gasteiger partial charge in [-0.2, -0.15) is 5.10 Å². The van der Waals surface area contributed by atoms with E-state index in [4.69, 9.17) is 0 Å². The summed E-state index contributed by atoms with van der Waals surface area (Å²) in [5.74, 6) is 0. The SMILES string of the molecule is CCCNC(CCN(CC)CC)c1cnn(CC)c1. The van der Waals surface area contributed by atoms with Gasteiger partial charge in [-0.25, -0.2) is 0 Å². The van der Waals surface area contributed by atoms with E-state index in [-0.39, 0.29) is 0 Å². The molecule has 1 unspecified atom stereocenters. The van der Waals surface area contributed by atoms with Crippen molar-refractivity contribution in [3.05, 3.63) is 18.0 Å². The van der Waals surface area contributed by atoms with Gasteiger partial charge in [-0.1, -0.05) is 20.8 Å². The second-order valence-electron chi connectivity index (χ2n) is 4.95. The van der Waals surface area contributed by atoms with Crippen LogP contribution in [0.5, 0.6) is 0 Å². The van der Waals surface area contributed by atoms with Gasteiger partial charge in [-0.05, 0) is 45.9 Å². The van der Waals surface area contributed by atoms with Gasteiger partial charge < -0.3 is 10.2 Å². The Hall–Kier alpha value is -0.870. The van der Waals surface area contributed by atoms with Crippen LogP contribution in [0.2, 0.25) is 0 Å². The van der Waals surface area contributed by atoms with Gasteiger partial charge in [0.15, 0.2) is 0 Å². The van der Waals surface area contributed by atoms with E-state index < -0.39 is 0 Å². The monoisotopic (exact) mass is 266 g/mol. The van der Waals surface area contributed by atoms with Crippen LogP contribution in [-0.4, -0.2) is 40.9 Å². The van der Waals surface area contributed by atoms with Crippen molar-refractivity contribution in [2.24, 2.45) is 0 Å². The Morgan fingerprint density at radius 3 is 2.53 bits per heavy atom. The second kappa shape index (κ2) is 9.10. The van der Waals surface area contributed by atoms with Gasteiger partial charge in [0.1, 0.15) is 0 Å². The first kappa shape index (κ1) is 16.2. The summed E-state index contributed by atoms with van der Waals surface area (Å²) >= 11 is 0. The smallest absolute Gasteiger partial charge is 0.0537 e. The van der Waals surface area contributed by atoms with Crippen LogP contribution in [0.1, 0.15) is 52.1 Å². The summed E-state index contributed by atoms with van der Waals surface area (Å²) in [6.07, 6.45) is 6.51. The highest BCUT2D eigenvalue weighted by Gasteiger charge is 2.13. The molecule has 0 saturated heterocycles. The van der Waals surface area contributed by atoms with E-state index in [9.17, 15) is 0 Å². The maximum Gasteiger partial charge on any atom is 0.0537 e. The molecule has 0 aliphatic heterocycles. The number of nitrogens with one attached hydrogen (secondary N) is 1. The highest BCUT2D eigenvalue weighted by Crippen LogP contribution is 2.16. The summed E-state index contributed by atoms with van der Waals surface area (Å²) in [5, 5.41) is 8.04.